The molecular weight excluding hydrogens is 444 g/mol. The zero-order chi connectivity index (χ0) is 24.7. The van der Waals surface area contributed by atoms with Crippen molar-refractivity contribution in [2.45, 2.75) is 26.4 Å². The van der Waals surface area contributed by atoms with Gasteiger partial charge < -0.3 is 14.6 Å². The number of amides is 1. The van der Waals surface area contributed by atoms with Crippen molar-refractivity contribution in [3.05, 3.63) is 52.1 Å². The van der Waals surface area contributed by atoms with Crippen molar-refractivity contribution in [3.8, 4) is 12.3 Å². The Labute approximate surface area is 186 Å². The van der Waals surface area contributed by atoms with E-state index in [0.29, 0.717) is 17.8 Å². The van der Waals surface area contributed by atoms with Crippen LogP contribution in [0.2, 0.25) is 0 Å². The Hall–Kier alpha value is -3.45. The van der Waals surface area contributed by atoms with Gasteiger partial charge in [0.15, 0.2) is 0 Å². The summed E-state index contributed by atoms with van der Waals surface area (Å²) in [5, 5.41) is 2.29. The summed E-state index contributed by atoms with van der Waals surface area (Å²) in [4.78, 5) is 38.3. The monoisotopic (exact) mass is 464 g/mol. The Morgan fingerprint density at radius 2 is 1.88 bits per heavy atom. The number of carbonyl (C=O) groups excluding carboxylic acids is 3. The van der Waals surface area contributed by atoms with Gasteiger partial charge in [0.05, 0.1) is 29.8 Å². The van der Waals surface area contributed by atoms with Crippen LogP contribution in [0.25, 0.3) is 0 Å². The van der Waals surface area contributed by atoms with E-state index in [2.05, 4.69) is 11.2 Å². The van der Waals surface area contributed by atoms with Gasteiger partial charge in [-0.3, -0.25) is 14.4 Å². The Morgan fingerprint density at radius 3 is 2.39 bits per heavy atom. The molecule has 0 atom stereocenters. The van der Waals surface area contributed by atoms with E-state index < -0.39 is 40.4 Å². The molecule has 1 aromatic heterocycles. The van der Waals surface area contributed by atoms with Gasteiger partial charge in [-0.1, -0.05) is 5.92 Å². The molecule has 1 N–H and O–H groups in total. The quantitative estimate of drug-likeness (QED) is 0.305. The van der Waals surface area contributed by atoms with Gasteiger partial charge >= 0.3 is 6.18 Å². The van der Waals surface area contributed by atoms with Gasteiger partial charge in [0.1, 0.15) is 11.5 Å². The lowest BCUT2D eigenvalue weighted by Gasteiger charge is -2.35. The number of alkyl halides is 3. The third-order valence-corrected chi connectivity index (χ3v) is 5.72. The number of ether oxygens (including phenoxy) is 1. The number of hydrogen-bond acceptors (Lipinski definition) is 4. The van der Waals surface area contributed by atoms with E-state index in [1.54, 1.807) is 0 Å². The predicted molar refractivity (Wildman–Crippen MR) is 110 cm³/mol. The van der Waals surface area contributed by atoms with E-state index in [0.717, 1.165) is 6.07 Å². The summed E-state index contributed by atoms with van der Waals surface area (Å²) in [6, 6.07) is 2.07. The summed E-state index contributed by atoms with van der Waals surface area (Å²) >= 11 is 0. The Bertz CT molecular complexity index is 1200. The minimum absolute atomic E-state index is 0.0233. The second kappa shape index (κ2) is 8.48. The minimum Gasteiger partial charge on any atom is -0.378 e. The van der Waals surface area contributed by atoms with Gasteiger partial charge in [0.25, 0.3) is 5.91 Å². The molecule has 33 heavy (non-hydrogen) atoms. The third kappa shape index (κ3) is 4.41. The van der Waals surface area contributed by atoms with E-state index >= 15 is 0 Å². The molecule has 10 heteroatoms. The first-order valence-electron chi connectivity index (χ1n) is 9.78. The summed E-state index contributed by atoms with van der Waals surface area (Å²) in [5.41, 5.74) is -2.13. The van der Waals surface area contributed by atoms with Crippen LogP contribution in [0.15, 0.2) is 18.2 Å². The lowest BCUT2D eigenvalue weighted by atomic mass is 9.80. The van der Waals surface area contributed by atoms with Gasteiger partial charge in [-0.25, -0.2) is 4.39 Å². The summed E-state index contributed by atoms with van der Waals surface area (Å²) in [7, 11) is 1.48. The van der Waals surface area contributed by atoms with Crippen LogP contribution >= 0.6 is 0 Å². The van der Waals surface area contributed by atoms with Crippen molar-refractivity contribution in [1.29, 1.82) is 0 Å². The zero-order valence-electron chi connectivity index (χ0n) is 18.0. The molecule has 2 heterocycles. The fourth-order valence-electron chi connectivity index (χ4n) is 3.76. The first kappa shape index (κ1) is 24.2. The van der Waals surface area contributed by atoms with E-state index in [4.69, 9.17) is 11.2 Å². The largest absolute Gasteiger partial charge is 0.419 e. The number of carbonyl (C=O) groups is 3. The van der Waals surface area contributed by atoms with Crippen LogP contribution in [0.5, 0.6) is 0 Å². The molecule has 1 aliphatic heterocycles. The number of nitrogens with zero attached hydrogens (tertiary/aromatic N) is 1. The van der Waals surface area contributed by atoms with Crippen LogP contribution in [-0.4, -0.2) is 35.3 Å². The molecule has 1 saturated heterocycles. The standard InChI is InChI=1S/C23H20F4N2O4/c1-5-22(10-33-11-22)9-17(30)20(31)18-12(2)19(29(4)13(18)3)21(32)28-14-6-7-16(24)15(8-14)23(25,26)27/h1,6-8H,9-11H2,2-4H3,(H,28,32). The van der Waals surface area contributed by atoms with Crippen molar-refractivity contribution in [2.24, 2.45) is 12.5 Å². The number of halogens is 4. The molecule has 6 nitrogen and oxygen atoms in total. The highest BCUT2D eigenvalue weighted by atomic mass is 19.4. The smallest absolute Gasteiger partial charge is 0.378 e. The number of Topliss-reactive ketones (excluding diaryl/α,β-unsaturated/α-hetero) is 2. The number of ketones is 2. The molecule has 3 rings (SSSR count). The number of aromatic nitrogens is 1. The van der Waals surface area contributed by atoms with Gasteiger partial charge in [-0.2, -0.15) is 13.2 Å². The summed E-state index contributed by atoms with van der Waals surface area (Å²) < 4.78 is 58.8. The average Bonchev–Trinajstić information content (AvgIpc) is 2.93. The molecule has 1 aliphatic rings. The molecule has 1 fully saturated rings. The van der Waals surface area contributed by atoms with Crippen LogP contribution in [0.4, 0.5) is 23.2 Å². The molecule has 174 valence electrons. The Morgan fingerprint density at radius 1 is 1.24 bits per heavy atom. The number of hydrogen-bond donors (Lipinski definition) is 1. The molecule has 2 aromatic rings. The summed E-state index contributed by atoms with van der Waals surface area (Å²) in [6.07, 6.45) is 0.317. The molecule has 0 unspecified atom stereocenters. The van der Waals surface area contributed by atoms with Gasteiger partial charge in [-0.15, -0.1) is 6.42 Å². The molecule has 1 aromatic carbocycles. The first-order valence-corrected chi connectivity index (χ1v) is 9.78. The van der Waals surface area contributed by atoms with Crippen molar-refractivity contribution in [1.82, 2.24) is 4.57 Å². The van der Waals surface area contributed by atoms with E-state index in [1.165, 1.54) is 25.5 Å². The lowest BCUT2D eigenvalue weighted by molar-refractivity contribution is -0.140. The highest BCUT2D eigenvalue weighted by Gasteiger charge is 2.41. The normalized spacial score (nSPS) is 14.8. The Kier molecular flexibility index (Phi) is 6.22. The average molecular weight is 464 g/mol. The van der Waals surface area contributed by atoms with Crippen LogP contribution in [0.3, 0.4) is 0 Å². The topological polar surface area (TPSA) is 77.4 Å². The van der Waals surface area contributed by atoms with Crippen molar-refractivity contribution < 1.29 is 36.7 Å². The SMILES string of the molecule is C#CC1(CC(=O)C(=O)c2c(C)c(C(=O)Nc3ccc(F)c(C(F)(F)F)c3)n(C)c2C)COC1. The van der Waals surface area contributed by atoms with Gasteiger partial charge in [-0.05, 0) is 37.6 Å². The second-order valence-electron chi connectivity index (χ2n) is 7.99. The van der Waals surface area contributed by atoms with Crippen LogP contribution < -0.4 is 5.32 Å². The lowest BCUT2D eigenvalue weighted by Crippen LogP contribution is -2.44. The van der Waals surface area contributed by atoms with Gasteiger partial charge in [0, 0.05) is 24.8 Å². The predicted octanol–water partition coefficient (Wildman–Crippen LogP) is 3.84. The minimum atomic E-state index is -4.94. The van der Waals surface area contributed by atoms with Crippen LogP contribution in [0, 0.1) is 37.4 Å². The van der Waals surface area contributed by atoms with E-state index in [9.17, 15) is 31.9 Å². The summed E-state index contributed by atoms with van der Waals surface area (Å²) in [6.45, 7) is 3.33. The maximum atomic E-state index is 13.5. The van der Waals surface area contributed by atoms with Crippen LogP contribution in [0.1, 0.15) is 44.1 Å². The number of anilines is 1. The molecule has 0 bridgehead atoms. The fraction of sp³-hybridized carbons (Fsp3) is 0.348. The van der Waals surface area contributed by atoms with Gasteiger partial charge in [0.2, 0.25) is 11.6 Å². The summed E-state index contributed by atoms with van der Waals surface area (Å²) in [5.74, 6) is -1.35. The Balaban J connectivity index is 1.89. The van der Waals surface area contributed by atoms with Crippen LogP contribution in [-0.2, 0) is 22.8 Å². The maximum Gasteiger partial charge on any atom is 0.419 e. The van der Waals surface area contributed by atoms with Crippen molar-refractivity contribution in [2.75, 3.05) is 18.5 Å². The number of terminal acetylenes is 1. The maximum absolute atomic E-state index is 13.5. The second-order valence-corrected chi connectivity index (χ2v) is 7.99. The van der Waals surface area contributed by atoms with Crippen molar-refractivity contribution in [3.63, 3.8) is 0 Å². The first-order chi connectivity index (χ1) is 15.3. The fourth-order valence-corrected chi connectivity index (χ4v) is 3.76. The molecule has 0 aliphatic carbocycles. The molecule has 1 amide bonds. The molecule has 0 spiro atoms. The van der Waals surface area contributed by atoms with E-state index in [1.807, 2.05) is 0 Å². The molecule has 0 radical (unpaired) electrons. The zero-order valence-corrected chi connectivity index (χ0v) is 18.0. The molecular formula is C23H20F4N2O4. The van der Waals surface area contributed by atoms with Crippen molar-refractivity contribution >= 4 is 23.2 Å². The third-order valence-electron chi connectivity index (χ3n) is 5.72. The molecule has 0 saturated carbocycles. The number of nitrogens with one attached hydrogen (secondary N) is 1. The highest BCUT2D eigenvalue weighted by Crippen LogP contribution is 2.34. The van der Waals surface area contributed by atoms with E-state index in [-0.39, 0.29) is 42.1 Å². The number of benzene rings is 1. The highest BCUT2D eigenvalue weighted by molar-refractivity contribution is 6.44. The number of rotatable bonds is 6.